The minimum Gasteiger partial charge on any atom is -1.00 e. The molecule has 0 unspecified atom stereocenters. The third-order valence-electron chi connectivity index (χ3n) is 2.45. The zero-order valence-electron chi connectivity index (χ0n) is 13.2. The van der Waals surface area contributed by atoms with Crippen LogP contribution in [0.2, 0.25) is 0 Å². The predicted molar refractivity (Wildman–Crippen MR) is 67.5 cm³/mol. The van der Waals surface area contributed by atoms with Crippen molar-refractivity contribution < 1.29 is 137 Å². The van der Waals surface area contributed by atoms with Gasteiger partial charge in [0, 0.05) is 5.39 Å². The average Bonchev–Trinajstić information content (AvgIpc) is 2.24. The van der Waals surface area contributed by atoms with Crippen molar-refractivity contribution in [1.82, 2.24) is 0 Å². The molecule has 2 aromatic carbocycles. The second-order valence-electron chi connectivity index (χ2n) is 3.78. The van der Waals surface area contributed by atoms with E-state index in [4.69, 9.17) is 9.11 Å². The van der Waals surface area contributed by atoms with Crippen molar-refractivity contribution in [2.24, 2.45) is 0 Å². The van der Waals surface area contributed by atoms with Crippen LogP contribution in [0.4, 0.5) is 0 Å². The maximum Gasteiger partial charge on any atom is 1.00 e. The summed E-state index contributed by atoms with van der Waals surface area (Å²) in [6.45, 7) is 0. The van der Waals surface area contributed by atoms with Crippen LogP contribution in [0, 0.1) is 0 Å². The second kappa shape index (κ2) is 8.11. The normalized spacial score (nSPS) is 11.5. The summed E-state index contributed by atoms with van der Waals surface area (Å²) in [5, 5.41) is 9.37. The molecule has 2 rings (SSSR count). The van der Waals surface area contributed by atoms with E-state index in [1.54, 1.807) is 0 Å². The van der Waals surface area contributed by atoms with Gasteiger partial charge >= 0.3 is 103 Å². The number of fused-ring (bicyclic) bond motifs is 1. The van der Waals surface area contributed by atoms with Gasteiger partial charge < -0.3 is 7.96 Å². The Morgan fingerprint density at radius 2 is 1.43 bits per heavy atom. The van der Waals surface area contributed by atoms with Crippen molar-refractivity contribution in [1.29, 1.82) is 0 Å². The standard InChI is InChI=1S/C10H8O7S2.2K.2H/c11-7-2-1-6-3-8(18(12,13)14)5-10(9(6)4-7)19(15,16)17;;;;/h1-5,11H,(H,12,13,14)(H,15,16,17);;;;/q;2*+1;2*-1. The summed E-state index contributed by atoms with van der Waals surface area (Å²) in [7, 11) is -9.34. The van der Waals surface area contributed by atoms with E-state index in [-0.39, 0.29) is 122 Å². The monoisotopic (exact) mass is 384 g/mol. The SMILES string of the molecule is O=S(=O)(O)c1cc(S(=O)(=O)O)c2cc(O)ccc2c1.[H-].[H-].[K+].[K+]. The van der Waals surface area contributed by atoms with Crippen LogP contribution >= 0.6 is 0 Å². The van der Waals surface area contributed by atoms with Crippen molar-refractivity contribution in [2.75, 3.05) is 0 Å². The zero-order chi connectivity index (χ0) is 14.4. The Balaban J connectivity index is -0.000001000. The third kappa shape index (κ3) is 5.57. The smallest absolute Gasteiger partial charge is 1.00 e. The molecule has 0 heterocycles. The number of phenolic OH excluding ortho intramolecular Hbond substituents is 1. The van der Waals surface area contributed by atoms with Crippen LogP contribution in [0.1, 0.15) is 2.85 Å². The molecule has 106 valence electrons. The van der Waals surface area contributed by atoms with Gasteiger partial charge in [0.25, 0.3) is 20.2 Å². The second-order valence-corrected chi connectivity index (χ2v) is 6.59. The van der Waals surface area contributed by atoms with Gasteiger partial charge in [-0.1, -0.05) is 6.07 Å². The molecule has 0 aliphatic heterocycles. The molecule has 0 spiro atoms. The van der Waals surface area contributed by atoms with E-state index < -0.39 is 30.0 Å². The van der Waals surface area contributed by atoms with Crippen LogP contribution in [0.3, 0.4) is 0 Å². The molecule has 7 nitrogen and oxygen atoms in total. The van der Waals surface area contributed by atoms with E-state index >= 15 is 0 Å². The van der Waals surface area contributed by atoms with Gasteiger partial charge in [-0.15, -0.1) is 0 Å². The molecule has 0 aromatic heterocycles. The van der Waals surface area contributed by atoms with E-state index in [0.29, 0.717) is 6.07 Å². The Hall–Kier alpha value is 1.59. The molecule has 0 saturated carbocycles. The van der Waals surface area contributed by atoms with E-state index in [1.807, 2.05) is 0 Å². The topological polar surface area (TPSA) is 129 Å². The summed E-state index contributed by atoms with van der Waals surface area (Å²) >= 11 is 0. The fraction of sp³-hybridized carbons (Fsp3) is 0. The van der Waals surface area contributed by atoms with Crippen LogP contribution in [0.15, 0.2) is 40.1 Å². The largest absolute Gasteiger partial charge is 1.00 e. The molecule has 2 aromatic rings. The first-order valence-corrected chi connectivity index (χ1v) is 7.69. The number of aromatic hydroxyl groups is 1. The van der Waals surface area contributed by atoms with E-state index in [1.165, 1.54) is 12.1 Å². The molecule has 0 atom stereocenters. The number of rotatable bonds is 2. The van der Waals surface area contributed by atoms with Gasteiger partial charge in [0.05, 0.1) is 4.90 Å². The summed E-state index contributed by atoms with van der Waals surface area (Å²) in [4.78, 5) is -1.38. The Bertz CT molecular complexity index is 885. The van der Waals surface area contributed by atoms with Crippen LogP contribution < -0.4 is 103 Å². The molecule has 11 heteroatoms. The zero-order valence-corrected chi connectivity index (χ0v) is 19.1. The first-order valence-electron chi connectivity index (χ1n) is 4.81. The molecule has 0 radical (unpaired) electrons. The summed E-state index contributed by atoms with van der Waals surface area (Å²) in [6.07, 6.45) is 0. The predicted octanol–water partition coefficient (Wildman–Crippen LogP) is -4.73. The van der Waals surface area contributed by atoms with Gasteiger partial charge in [0.15, 0.2) is 0 Å². The summed E-state index contributed by atoms with van der Waals surface area (Å²) in [5.41, 5.74) is 0. The maximum atomic E-state index is 11.2. The van der Waals surface area contributed by atoms with Gasteiger partial charge in [0.2, 0.25) is 0 Å². The molecule has 0 aliphatic carbocycles. The Kier molecular flexibility index (Phi) is 8.73. The first-order chi connectivity index (χ1) is 8.59. The fourth-order valence-corrected chi connectivity index (χ4v) is 3.00. The molecule has 0 fully saturated rings. The molecule has 21 heavy (non-hydrogen) atoms. The molecular formula is C10H10K2O7S2. The molecule has 0 amide bonds. The number of benzene rings is 2. The number of hydrogen-bond acceptors (Lipinski definition) is 5. The van der Waals surface area contributed by atoms with Crippen LogP contribution in [-0.2, 0) is 20.2 Å². The van der Waals surface area contributed by atoms with Crippen LogP contribution in [-0.4, -0.2) is 31.0 Å². The molecule has 0 saturated heterocycles. The van der Waals surface area contributed by atoms with Crippen LogP contribution in [0.5, 0.6) is 5.75 Å². The van der Waals surface area contributed by atoms with Gasteiger partial charge in [-0.2, -0.15) is 16.8 Å². The van der Waals surface area contributed by atoms with Crippen molar-refractivity contribution in [3.63, 3.8) is 0 Å². The van der Waals surface area contributed by atoms with E-state index in [2.05, 4.69) is 0 Å². The minimum absolute atomic E-state index is 0. The van der Waals surface area contributed by atoms with Crippen molar-refractivity contribution >= 4 is 31.0 Å². The molecule has 0 bridgehead atoms. The summed E-state index contributed by atoms with van der Waals surface area (Å²) in [5.74, 6) is -0.253. The molecule has 0 aliphatic rings. The molecule has 3 N–H and O–H groups in total. The Morgan fingerprint density at radius 1 is 0.857 bits per heavy atom. The van der Waals surface area contributed by atoms with Crippen molar-refractivity contribution in [2.45, 2.75) is 9.79 Å². The number of phenols is 1. The summed E-state index contributed by atoms with van der Waals surface area (Å²) < 4.78 is 62.6. The van der Waals surface area contributed by atoms with Crippen LogP contribution in [0.25, 0.3) is 10.8 Å². The Morgan fingerprint density at radius 3 is 1.90 bits per heavy atom. The molecular weight excluding hydrogens is 374 g/mol. The fourth-order valence-electron chi connectivity index (χ4n) is 1.65. The minimum atomic E-state index is -4.72. The quantitative estimate of drug-likeness (QED) is 0.350. The van der Waals surface area contributed by atoms with Gasteiger partial charge in [-0.3, -0.25) is 9.11 Å². The summed E-state index contributed by atoms with van der Waals surface area (Å²) in [6, 6.07) is 5.18. The average molecular weight is 385 g/mol. The third-order valence-corrected chi connectivity index (χ3v) is 4.17. The maximum absolute atomic E-state index is 11.2. The first kappa shape index (κ1) is 22.6. The number of hydrogen-bond donors (Lipinski definition) is 3. The van der Waals surface area contributed by atoms with Gasteiger partial charge in [-0.05, 0) is 29.7 Å². The Labute approximate surface area is 209 Å². The van der Waals surface area contributed by atoms with E-state index in [9.17, 15) is 21.9 Å². The van der Waals surface area contributed by atoms with Crippen molar-refractivity contribution in [3.05, 3.63) is 30.3 Å². The van der Waals surface area contributed by atoms with Crippen molar-refractivity contribution in [3.8, 4) is 5.75 Å². The van der Waals surface area contributed by atoms with Gasteiger partial charge in [0.1, 0.15) is 10.6 Å². The van der Waals surface area contributed by atoms with Gasteiger partial charge in [-0.25, -0.2) is 0 Å². The van der Waals surface area contributed by atoms with E-state index in [0.717, 1.165) is 12.1 Å².